The largest absolute Gasteiger partial charge is 0.494 e. The fraction of sp³-hybridized carbons (Fsp3) is 0.632. The molecule has 1 aromatic carbocycles. The summed E-state index contributed by atoms with van der Waals surface area (Å²) >= 11 is 0. The third-order valence-electron chi connectivity index (χ3n) is 4.32. The van der Waals surface area contributed by atoms with Gasteiger partial charge in [-0.1, -0.05) is 25.5 Å². The van der Waals surface area contributed by atoms with Crippen LogP contribution in [0.5, 0.6) is 5.75 Å². The number of likely N-dealkylation sites (tertiary alicyclic amines) is 1. The van der Waals surface area contributed by atoms with Crippen molar-refractivity contribution in [1.82, 2.24) is 10.2 Å². The summed E-state index contributed by atoms with van der Waals surface area (Å²) in [5.41, 5.74) is 1.21. The molecule has 1 N–H and O–H groups in total. The summed E-state index contributed by atoms with van der Waals surface area (Å²) in [6.07, 6.45) is 3.40. The highest BCUT2D eigenvalue weighted by molar-refractivity contribution is 5.80. The lowest BCUT2D eigenvalue weighted by atomic mass is 10.1. The molecule has 1 atom stereocenters. The van der Waals surface area contributed by atoms with E-state index in [0.717, 1.165) is 63.8 Å². The quantitative estimate of drug-likeness (QED) is 0.451. The fourth-order valence-corrected chi connectivity index (χ4v) is 2.99. The number of methoxy groups -OCH3 is 1. The Balaban J connectivity index is 1.84. The molecule has 0 bridgehead atoms. The van der Waals surface area contributed by atoms with Gasteiger partial charge in [-0.3, -0.25) is 4.99 Å². The van der Waals surface area contributed by atoms with E-state index in [1.807, 2.05) is 19.2 Å². The van der Waals surface area contributed by atoms with Crippen LogP contribution in [0.15, 0.2) is 29.3 Å². The van der Waals surface area contributed by atoms with Crippen LogP contribution in [0.3, 0.4) is 0 Å². The zero-order valence-electron chi connectivity index (χ0n) is 15.3. The van der Waals surface area contributed by atoms with Gasteiger partial charge in [-0.2, -0.15) is 0 Å². The summed E-state index contributed by atoms with van der Waals surface area (Å²) in [4.78, 5) is 6.73. The van der Waals surface area contributed by atoms with Crippen molar-refractivity contribution in [1.29, 1.82) is 0 Å². The Hall–Kier alpha value is -1.75. The summed E-state index contributed by atoms with van der Waals surface area (Å²) in [5, 5.41) is 3.46. The molecule has 0 spiro atoms. The molecule has 0 aromatic heterocycles. The van der Waals surface area contributed by atoms with E-state index in [-0.39, 0.29) is 0 Å². The second-order valence-corrected chi connectivity index (χ2v) is 6.31. The van der Waals surface area contributed by atoms with E-state index in [1.165, 1.54) is 5.56 Å². The minimum absolute atomic E-state index is 0.601. The van der Waals surface area contributed by atoms with Gasteiger partial charge in [-0.15, -0.1) is 0 Å². The van der Waals surface area contributed by atoms with Crippen molar-refractivity contribution in [2.45, 2.75) is 32.7 Å². The molecule has 1 heterocycles. The van der Waals surface area contributed by atoms with Gasteiger partial charge in [0.2, 0.25) is 0 Å². The van der Waals surface area contributed by atoms with Crippen LogP contribution in [0.2, 0.25) is 0 Å². The first-order valence-corrected chi connectivity index (χ1v) is 8.93. The SMILES string of the molecule is CCCCOc1cccc(CNC(=NC)N2CCC(COC)C2)c1. The summed E-state index contributed by atoms with van der Waals surface area (Å²) in [6.45, 7) is 6.57. The molecule has 1 aliphatic rings. The van der Waals surface area contributed by atoms with Crippen LogP contribution in [0.25, 0.3) is 0 Å². The van der Waals surface area contributed by atoms with E-state index >= 15 is 0 Å². The Morgan fingerprint density at radius 2 is 2.29 bits per heavy atom. The topological polar surface area (TPSA) is 46.1 Å². The van der Waals surface area contributed by atoms with E-state index < -0.39 is 0 Å². The molecule has 0 radical (unpaired) electrons. The van der Waals surface area contributed by atoms with Crippen molar-refractivity contribution in [3.8, 4) is 5.75 Å². The Kier molecular flexibility index (Phi) is 7.89. The van der Waals surface area contributed by atoms with Crippen LogP contribution in [0.4, 0.5) is 0 Å². The zero-order valence-corrected chi connectivity index (χ0v) is 15.3. The number of hydrogen-bond donors (Lipinski definition) is 1. The number of nitrogens with one attached hydrogen (secondary N) is 1. The van der Waals surface area contributed by atoms with E-state index in [1.54, 1.807) is 7.11 Å². The Labute approximate surface area is 146 Å². The van der Waals surface area contributed by atoms with Crippen molar-refractivity contribution in [2.24, 2.45) is 10.9 Å². The number of aliphatic imine (C=N–C) groups is 1. The molecule has 2 rings (SSSR count). The fourth-order valence-electron chi connectivity index (χ4n) is 2.99. The number of rotatable bonds is 8. The molecule has 1 saturated heterocycles. The number of ether oxygens (including phenoxy) is 2. The van der Waals surface area contributed by atoms with Crippen molar-refractivity contribution < 1.29 is 9.47 Å². The van der Waals surface area contributed by atoms with Gasteiger partial charge < -0.3 is 19.7 Å². The normalized spacial score (nSPS) is 18.0. The van der Waals surface area contributed by atoms with Crippen LogP contribution in [0.1, 0.15) is 31.7 Å². The van der Waals surface area contributed by atoms with Gasteiger partial charge in [0.05, 0.1) is 13.2 Å². The van der Waals surface area contributed by atoms with Crippen LogP contribution >= 0.6 is 0 Å². The van der Waals surface area contributed by atoms with Gasteiger partial charge in [0.15, 0.2) is 5.96 Å². The maximum absolute atomic E-state index is 5.78. The first-order valence-electron chi connectivity index (χ1n) is 8.93. The standard InChI is InChI=1S/C19H31N3O2/c1-4-5-11-24-18-8-6-7-16(12-18)13-21-19(20-2)22-10-9-17(14-22)15-23-3/h6-8,12,17H,4-5,9-11,13-15H2,1-3H3,(H,20,21). The highest BCUT2D eigenvalue weighted by atomic mass is 16.5. The van der Waals surface area contributed by atoms with Gasteiger partial charge in [0.1, 0.15) is 5.75 Å². The molecule has 24 heavy (non-hydrogen) atoms. The van der Waals surface area contributed by atoms with E-state index in [4.69, 9.17) is 9.47 Å². The molecule has 5 heteroatoms. The lowest BCUT2D eigenvalue weighted by molar-refractivity contribution is 0.157. The average molecular weight is 333 g/mol. The number of nitrogens with zero attached hydrogens (tertiary/aromatic N) is 2. The Bertz CT molecular complexity index is 519. The highest BCUT2D eigenvalue weighted by Crippen LogP contribution is 2.17. The predicted molar refractivity (Wildman–Crippen MR) is 98.6 cm³/mol. The summed E-state index contributed by atoms with van der Waals surface area (Å²) in [5.74, 6) is 2.51. The molecule has 1 fully saturated rings. The highest BCUT2D eigenvalue weighted by Gasteiger charge is 2.24. The zero-order chi connectivity index (χ0) is 17.2. The minimum Gasteiger partial charge on any atom is -0.494 e. The van der Waals surface area contributed by atoms with E-state index in [9.17, 15) is 0 Å². The van der Waals surface area contributed by atoms with Crippen LogP contribution < -0.4 is 10.1 Å². The van der Waals surface area contributed by atoms with Gasteiger partial charge in [-0.25, -0.2) is 0 Å². The molecule has 0 amide bonds. The second-order valence-electron chi connectivity index (χ2n) is 6.31. The summed E-state index contributed by atoms with van der Waals surface area (Å²) in [6, 6.07) is 8.29. The van der Waals surface area contributed by atoms with Crippen molar-refractivity contribution >= 4 is 5.96 Å². The number of benzene rings is 1. The molecular formula is C19H31N3O2. The van der Waals surface area contributed by atoms with Gasteiger partial charge in [0, 0.05) is 39.7 Å². The molecule has 1 unspecified atom stereocenters. The smallest absolute Gasteiger partial charge is 0.193 e. The maximum atomic E-state index is 5.78. The monoisotopic (exact) mass is 333 g/mol. The van der Waals surface area contributed by atoms with E-state index in [0.29, 0.717) is 5.92 Å². The van der Waals surface area contributed by atoms with Gasteiger partial charge in [-0.05, 0) is 30.5 Å². The molecular weight excluding hydrogens is 302 g/mol. The first-order chi connectivity index (χ1) is 11.8. The van der Waals surface area contributed by atoms with Crippen molar-refractivity contribution in [2.75, 3.05) is 40.5 Å². The van der Waals surface area contributed by atoms with Gasteiger partial charge in [0.25, 0.3) is 0 Å². The lowest BCUT2D eigenvalue weighted by Gasteiger charge is -2.21. The Morgan fingerprint density at radius 1 is 1.42 bits per heavy atom. The molecule has 1 aliphatic heterocycles. The molecule has 5 nitrogen and oxygen atoms in total. The molecule has 0 saturated carbocycles. The van der Waals surface area contributed by atoms with Crippen LogP contribution in [0, 0.1) is 5.92 Å². The number of guanidine groups is 1. The third kappa shape index (κ3) is 5.71. The van der Waals surface area contributed by atoms with E-state index in [2.05, 4.69) is 34.3 Å². The Morgan fingerprint density at radius 3 is 3.04 bits per heavy atom. The molecule has 0 aliphatic carbocycles. The van der Waals surface area contributed by atoms with Crippen molar-refractivity contribution in [3.05, 3.63) is 29.8 Å². The second kappa shape index (κ2) is 10.2. The predicted octanol–water partition coefficient (Wildman–Crippen LogP) is 2.91. The molecule has 1 aromatic rings. The third-order valence-corrected chi connectivity index (χ3v) is 4.32. The average Bonchev–Trinajstić information content (AvgIpc) is 3.05. The van der Waals surface area contributed by atoms with Crippen LogP contribution in [-0.2, 0) is 11.3 Å². The maximum Gasteiger partial charge on any atom is 0.193 e. The first kappa shape index (κ1) is 18.6. The summed E-state index contributed by atoms with van der Waals surface area (Å²) < 4.78 is 11.0. The number of unbranched alkanes of at least 4 members (excludes halogenated alkanes) is 1. The van der Waals surface area contributed by atoms with Crippen molar-refractivity contribution in [3.63, 3.8) is 0 Å². The molecule has 134 valence electrons. The minimum atomic E-state index is 0.601. The van der Waals surface area contributed by atoms with Crippen LogP contribution in [-0.4, -0.2) is 51.3 Å². The van der Waals surface area contributed by atoms with Gasteiger partial charge >= 0.3 is 0 Å². The number of hydrogen-bond acceptors (Lipinski definition) is 3. The lowest BCUT2D eigenvalue weighted by Crippen LogP contribution is -2.39. The summed E-state index contributed by atoms with van der Waals surface area (Å²) in [7, 11) is 3.61.